The fraction of sp³-hybridized carbons (Fsp3) is 0.562. The number of amides is 1. The van der Waals surface area contributed by atoms with Crippen molar-refractivity contribution in [2.45, 2.75) is 32.7 Å². The Kier molecular flexibility index (Phi) is 6.52. The Morgan fingerprint density at radius 1 is 1.30 bits per heavy atom. The predicted octanol–water partition coefficient (Wildman–Crippen LogP) is 2.07. The fourth-order valence-corrected chi connectivity index (χ4v) is 1.85. The van der Waals surface area contributed by atoms with Gasteiger partial charge in [-0.3, -0.25) is 4.79 Å². The fourth-order valence-electron chi connectivity index (χ4n) is 1.85. The van der Waals surface area contributed by atoms with E-state index in [4.69, 9.17) is 10.5 Å². The van der Waals surface area contributed by atoms with E-state index >= 15 is 0 Å². The third-order valence-corrected chi connectivity index (χ3v) is 3.59. The Balaban J connectivity index is 2.44. The zero-order valence-electron chi connectivity index (χ0n) is 12.9. The van der Waals surface area contributed by atoms with Gasteiger partial charge >= 0.3 is 0 Å². The molecule has 0 saturated carbocycles. The quantitative estimate of drug-likeness (QED) is 0.830. The molecule has 112 valence electrons. The van der Waals surface area contributed by atoms with Crippen LogP contribution in [0.15, 0.2) is 24.3 Å². The summed E-state index contributed by atoms with van der Waals surface area (Å²) in [5.41, 5.74) is 6.99. The molecule has 0 radical (unpaired) electrons. The van der Waals surface area contributed by atoms with Crippen molar-refractivity contribution < 1.29 is 9.53 Å². The molecule has 4 nitrogen and oxygen atoms in total. The van der Waals surface area contributed by atoms with Gasteiger partial charge < -0.3 is 15.4 Å². The number of nitrogens with zero attached hydrogens (tertiary/aromatic N) is 1. The van der Waals surface area contributed by atoms with Gasteiger partial charge in [-0.15, -0.1) is 0 Å². The summed E-state index contributed by atoms with van der Waals surface area (Å²) in [5, 5.41) is 0. The van der Waals surface area contributed by atoms with Crippen molar-refractivity contribution in [1.29, 1.82) is 0 Å². The second-order valence-electron chi connectivity index (χ2n) is 5.54. The highest BCUT2D eigenvalue weighted by Gasteiger charge is 2.13. The average Bonchev–Trinajstić information content (AvgIpc) is 2.44. The van der Waals surface area contributed by atoms with Crippen LogP contribution < -0.4 is 10.5 Å². The number of hydrogen-bond donors (Lipinski definition) is 1. The molecule has 2 N–H and O–H groups in total. The summed E-state index contributed by atoms with van der Waals surface area (Å²) in [6.45, 7) is 4.90. The molecule has 1 aromatic rings. The van der Waals surface area contributed by atoms with Gasteiger partial charge in [0.1, 0.15) is 5.75 Å². The maximum absolute atomic E-state index is 12.1. The number of methoxy groups -OCH3 is 1. The molecule has 0 aliphatic rings. The number of nitrogens with two attached hydrogens (primary N) is 1. The van der Waals surface area contributed by atoms with E-state index in [0.717, 1.165) is 17.7 Å². The van der Waals surface area contributed by atoms with Crippen molar-refractivity contribution in [2.75, 3.05) is 20.7 Å². The van der Waals surface area contributed by atoms with Crippen LogP contribution in [0.25, 0.3) is 0 Å². The SMILES string of the molecule is COc1ccc(CC(=O)N(C)CCC(N)C(C)C)cc1. The van der Waals surface area contributed by atoms with Crippen LogP contribution in [0.5, 0.6) is 5.75 Å². The molecule has 1 rings (SSSR count). The predicted molar refractivity (Wildman–Crippen MR) is 81.8 cm³/mol. The molecule has 0 fully saturated rings. The van der Waals surface area contributed by atoms with Crippen LogP contribution in [-0.2, 0) is 11.2 Å². The first-order valence-corrected chi connectivity index (χ1v) is 7.06. The third kappa shape index (κ3) is 5.21. The smallest absolute Gasteiger partial charge is 0.226 e. The molecule has 4 heteroatoms. The van der Waals surface area contributed by atoms with Crippen LogP contribution in [0.2, 0.25) is 0 Å². The van der Waals surface area contributed by atoms with Crippen LogP contribution in [0.4, 0.5) is 0 Å². The second kappa shape index (κ2) is 7.90. The molecule has 0 aliphatic carbocycles. The van der Waals surface area contributed by atoms with Gasteiger partial charge in [-0.2, -0.15) is 0 Å². The van der Waals surface area contributed by atoms with Crippen LogP contribution in [0.1, 0.15) is 25.8 Å². The van der Waals surface area contributed by atoms with Crippen molar-refractivity contribution in [3.05, 3.63) is 29.8 Å². The molecular weight excluding hydrogens is 252 g/mol. The van der Waals surface area contributed by atoms with E-state index in [1.807, 2.05) is 31.3 Å². The van der Waals surface area contributed by atoms with Crippen molar-refractivity contribution in [3.63, 3.8) is 0 Å². The van der Waals surface area contributed by atoms with Crippen LogP contribution >= 0.6 is 0 Å². The van der Waals surface area contributed by atoms with Gasteiger partial charge in [-0.1, -0.05) is 26.0 Å². The van der Waals surface area contributed by atoms with E-state index in [1.54, 1.807) is 12.0 Å². The summed E-state index contributed by atoms with van der Waals surface area (Å²) in [6, 6.07) is 7.73. The van der Waals surface area contributed by atoms with E-state index in [2.05, 4.69) is 13.8 Å². The van der Waals surface area contributed by atoms with E-state index in [1.165, 1.54) is 0 Å². The first-order chi connectivity index (χ1) is 9.43. The molecule has 0 bridgehead atoms. The minimum Gasteiger partial charge on any atom is -0.497 e. The summed E-state index contributed by atoms with van der Waals surface area (Å²) >= 11 is 0. The zero-order chi connectivity index (χ0) is 15.1. The number of carbonyl (C=O) groups is 1. The zero-order valence-corrected chi connectivity index (χ0v) is 12.9. The molecule has 1 amide bonds. The molecule has 1 atom stereocenters. The molecule has 1 unspecified atom stereocenters. The van der Waals surface area contributed by atoms with E-state index in [0.29, 0.717) is 18.9 Å². The lowest BCUT2D eigenvalue weighted by atomic mass is 10.0. The number of benzene rings is 1. The lowest BCUT2D eigenvalue weighted by molar-refractivity contribution is -0.129. The first-order valence-electron chi connectivity index (χ1n) is 7.06. The molecule has 1 aromatic carbocycles. The van der Waals surface area contributed by atoms with Gasteiger partial charge in [0.05, 0.1) is 13.5 Å². The monoisotopic (exact) mass is 278 g/mol. The summed E-state index contributed by atoms with van der Waals surface area (Å²) in [5.74, 6) is 1.36. The Hall–Kier alpha value is -1.55. The molecule has 0 heterocycles. The van der Waals surface area contributed by atoms with Gasteiger partial charge in [0, 0.05) is 19.6 Å². The van der Waals surface area contributed by atoms with Crippen molar-refractivity contribution in [3.8, 4) is 5.75 Å². The maximum atomic E-state index is 12.1. The molecule has 20 heavy (non-hydrogen) atoms. The second-order valence-corrected chi connectivity index (χ2v) is 5.54. The molecule has 0 aromatic heterocycles. The van der Waals surface area contributed by atoms with E-state index in [-0.39, 0.29) is 11.9 Å². The number of hydrogen-bond acceptors (Lipinski definition) is 3. The van der Waals surface area contributed by atoms with E-state index < -0.39 is 0 Å². The number of likely N-dealkylation sites (N-methyl/N-ethyl adjacent to an activating group) is 1. The van der Waals surface area contributed by atoms with Gasteiger partial charge in [-0.05, 0) is 30.0 Å². The average molecular weight is 278 g/mol. The van der Waals surface area contributed by atoms with Gasteiger partial charge in [-0.25, -0.2) is 0 Å². The number of carbonyl (C=O) groups excluding carboxylic acids is 1. The van der Waals surface area contributed by atoms with Crippen molar-refractivity contribution in [2.24, 2.45) is 11.7 Å². The molecule has 0 saturated heterocycles. The van der Waals surface area contributed by atoms with Crippen molar-refractivity contribution >= 4 is 5.91 Å². The highest BCUT2D eigenvalue weighted by Crippen LogP contribution is 2.12. The first kappa shape index (κ1) is 16.5. The Morgan fingerprint density at radius 2 is 1.90 bits per heavy atom. The largest absolute Gasteiger partial charge is 0.497 e. The van der Waals surface area contributed by atoms with Crippen LogP contribution in [0.3, 0.4) is 0 Å². The third-order valence-electron chi connectivity index (χ3n) is 3.59. The number of ether oxygens (including phenoxy) is 1. The Morgan fingerprint density at radius 3 is 2.40 bits per heavy atom. The maximum Gasteiger partial charge on any atom is 0.226 e. The Bertz CT molecular complexity index is 415. The molecule has 0 spiro atoms. The standard InChI is InChI=1S/C16H26N2O2/c1-12(2)15(17)9-10-18(3)16(19)11-13-5-7-14(20-4)8-6-13/h5-8,12,15H,9-11,17H2,1-4H3. The molecule has 0 aliphatic heterocycles. The van der Waals surface area contributed by atoms with Crippen LogP contribution in [-0.4, -0.2) is 37.6 Å². The number of rotatable bonds is 7. The highest BCUT2D eigenvalue weighted by atomic mass is 16.5. The van der Waals surface area contributed by atoms with Gasteiger partial charge in [0.25, 0.3) is 0 Å². The van der Waals surface area contributed by atoms with Crippen LogP contribution in [0, 0.1) is 5.92 Å². The normalized spacial score (nSPS) is 12.3. The highest BCUT2D eigenvalue weighted by molar-refractivity contribution is 5.78. The van der Waals surface area contributed by atoms with E-state index in [9.17, 15) is 4.79 Å². The summed E-state index contributed by atoms with van der Waals surface area (Å²) in [7, 11) is 3.46. The van der Waals surface area contributed by atoms with Gasteiger partial charge in [0.15, 0.2) is 0 Å². The summed E-state index contributed by atoms with van der Waals surface area (Å²) in [4.78, 5) is 13.9. The minimum absolute atomic E-state index is 0.117. The molecular formula is C16H26N2O2. The lowest BCUT2D eigenvalue weighted by Crippen LogP contribution is -2.35. The topological polar surface area (TPSA) is 55.6 Å². The minimum atomic E-state index is 0.117. The lowest BCUT2D eigenvalue weighted by Gasteiger charge is -2.21. The summed E-state index contributed by atoms with van der Waals surface area (Å²) in [6.07, 6.45) is 1.25. The van der Waals surface area contributed by atoms with Gasteiger partial charge in [0.2, 0.25) is 5.91 Å². The summed E-state index contributed by atoms with van der Waals surface area (Å²) < 4.78 is 5.10. The Labute approximate surface area is 121 Å². The van der Waals surface area contributed by atoms with Crippen molar-refractivity contribution in [1.82, 2.24) is 4.90 Å².